The van der Waals surface area contributed by atoms with E-state index in [-0.39, 0.29) is 23.2 Å². The highest BCUT2D eigenvalue weighted by atomic mass is 32.2. The van der Waals surface area contributed by atoms with Crippen LogP contribution in [0.3, 0.4) is 0 Å². The molecule has 0 aromatic heterocycles. The monoisotopic (exact) mass is 381 g/mol. The van der Waals surface area contributed by atoms with E-state index in [1.165, 1.54) is 16.7 Å². The first-order valence-electron chi connectivity index (χ1n) is 9.00. The Morgan fingerprint density at radius 2 is 1.48 bits per heavy atom. The number of amides is 2. The second kappa shape index (κ2) is 8.01. The molecule has 1 aliphatic rings. The van der Waals surface area contributed by atoms with Gasteiger partial charge in [-0.15, -0.1) is 11.8 Å². The van der Waals surface area contributed by atoms with Crippen LogP contribution < -0.4 is 9.64 Å². The third-order valence-electron chi connectivity index (χ3n) is 3.92. The molecule has 0 bridgehead atoms. The first kappa shape index (κ1) is 19.2. The highest BCUT2D eigenvalue weighted by Crippen LogP contribution is 2.40. The molecule has 27 heavy (non-hydrogen) atoms. The van der Waals surface area contributed by atoms with Crippen molar-refractivity contribution in [2.75, 3.05) is 4.90 Å². The normalized spacial score (nSPS) is 14.7. The number of carbonyl (C=O) groups excluding carboxylic acids is 2. The molecule has 4 nitrogen and oxygen atoms in total. The number of benzene rings is 2. The molecule has 1 aliphatic heterocycles. The third kappa shape index (κ3) is 4.08. The van der Waals surface area contributed by atoms with E-state index < -0.39 is 0 Å². The average Bonchev–Trinajstić information content (AvgIpc) is 2.86. The molecule has 0 saturated heterocycles. The molecule has 140 valence electrons. The summed E-state index contributed by atoms with van der Waals surface area (Å²) >= 11 is 1.43. The lowest BCUT2D eigenvalue weighted by atomic mass is 10.1. The Morgan fingerprint density at radius 1 is 0.852 bits per heavy atom. The molecule has 0 aliphatic carbocycles. The molecule has 3 rings (SSSR count). The van der Waals surface area contributed by atoms with Gasteiger partial charge >= 0.3 is 0 Å². The Kier molecular flexibility index (Phi) is 5.71. The van der Waals surface area contributed by atoms with Gasteiger partial charge in [0.05, 0.1) is 22.3 Å². The number of ether oxygens (including phenoxy) is 1. The van der Waals surface area contributed by atoms with Gasteiger partial charge in [0, 0.05) is 5.25 Å². The van der Waals surface area contributed by atoms with Gasteiger partial charge in [-0.1, -0.05) is 44.2 Å². The predicted octanol–water partition coefficient (Wildman–Crippen LogP) is 4.90. The van der Waals surface area contributed by atoms with E-state index in [1.807, 2.05) is 58.0 Å². The fraction of sp³-hybridized carbons (Fsp3) is 0.273. The second-order valence-corrected chi connectivity index (χ2v) is 8.43. The van der Waals surface area contributed by atoms with E-state index >= 15 is 0 Å². The molecule has 2 amide bonds. The first-order valence-corrected chi connectivity index (χ1v) is 9.88. The number of thioether (sulfide) groups is 1. The molecule has 0 unspecified atom stereocenters. The number of imide groups is 1. The summed E-state index contributed by atoms with van der Waals surface area (Å²) in [6.45, 7) is 7.93. The van der Waals surface area contributed by atoms with E-state index in [0.717, 1.165) is 5.56 Å². The molecule has 5 heteroatoms. The van der Waals surface area contributed by atoms with Crippen molar-refractivity contribution in [1.29, 1.82) is 0 Å². The zero-order chi connectivity index (χ0) is 19.6. The van der Waals surface area contributed by atoms with E-state index in [2.05, 4.69) is 0 Å². The number of nitrogens with zero attached hydrogens (tertiary/aromatic N) is 1. The minimum atomic E-state index is -0.285. The van der Waals surface area contributed by atoms with Crippen molar-refractivity contribution in [1.82, 2.24) is 0 Å². The Bertz CT molecular complexity index is 870. The standard InChI is InChI=1S/C22H23NO3S/c1-14(2)26-18-12-10-17(11-13-18)23-21(24)19(16-8-6-5-7-9-16)20(22(23)25)27-15(3)4/h5-15H,1-4H3. The molecule has 0 atom stereocenters. The van der Waals surface area contributed by atoms with Crippen LogP contribution in [-0.4, -0.2) is 23.2 Å². The zero-order valence-electron chi connectivity index (χ0n) is 15.9. The molecule has 0 spiro atoms. The topological polar surface area (TPSA) is 46.6 Å². The predicted molar refractivity (Wildman–Crippen MR) is 111 cm³/mol. The number of carbonyl (C=O) groups is 2. The Balaban J connectivity index is 1.98. The zero-order valence-corrected chi connectivity index (χ0v) is 16.7. The number of rotatable bonds is 6. The summed E-state index contributed by atoms with van der Waals surface area (Å²) in [5.41, 5.74) is 1.79. The van der Waals surface area contributed by atoms with Gasteiger partial charge in [-0.05, 0) is 43.7 Å². The molecule has 0 N–H and O–H groups in total. The quantitative estimate of drug-likeness (QED) is 0.668. The lowest BCUT2D eigenvalue weighted by Gasteiger charge is -2.16. The number of anilines is 1. The fourth-order valence-electron chi connectivity index (χ4n) is 2.89. The van der Waals surface area contributed by atoms with Crippen molar-refractivity contribution < 1.29 is 14.3 Å². The third-order valence-corrected chi connectivity index (χ3v) is 5.01. The van der Waals surface area contributed by atoms with Gasteiger partial charge in [0.1, 0.15) is 5.75 Å². The van der Waals surface area contributed by atoms with E-state index in [4.69, 9.17) is 4.74 Å². The average molecular weight is 381 g/mol. The summed E-state index contributed by atoms with van der Waals surface area (Å²) in [6.07, 6.45) is 0.0614. The molecule has 2 aromatic carbocycles. The highest BCUT2D eigenvalue weighted by molar-refractivity contribution is 8.04. The van der Waals surface area contributed by atoms with Crippen molar-refractivity contribution >= 4 is 34.8 Å². The van der Waals surface area contributed by atoms with Crippen LogP contribution in [-0.2, 0) is 9.59 Å². The molecule has 0 saturated carbocycles. The molecule has 0 radical (unpaired) electrons. The van der Waals surface area contributed by atoms with Crippen LogP contribution in [0, 0.1) is 0 Å². The van der Waals surface area contributed by atoms with E-state index in [9.17, 15) is 9.59 Å². The van der Waals surface area contributed by atoms with Crippen molar-refractivity contribution in [3.63, 3.8) is 0 Å². The van der Waals surface area contributed by atoms with Crippen LogP contribution in [0.2, 0.25) is 0 Å². The maximum absolute atomic E-state index is 13.2. The van der Waals surface area contributed by atoms with Gasteiger partial charge in [-0.25, -0.2) is 4.90 Å². The minimum Gasteiger partial charge on any atom is -0.491 e. The summed E-state index contributed by atoms with van der Waals surface area (Å²) in [4.78, 5) is 28.0. The smallest absolute Gasteiger partial charge is 0.272 e. The molecule has 0 fully saturated rings. The summed E-state index contributed by atoms with van der Waals surface area (Å²) in [6, 6.07) is 16.4. The van der Waals surface area contributed by atoms with Crippen molar-refractivity contribution in [2.24, 2.45) is 0 Å². The van der Waals surface area contributed by atoms with Crippen LogP contribution in [0.4, 0.5) is 5.69 Å². The van der Waals surface area contributed by atoms with Crippen molar-refractivity contribution in [3.8, 4) is 5.75 Å². The van der Waals surface area contributed by atoms with Crippen LogP contribution >= 0.6 is 11.8 Å². The second-order valence-electron chi connectivity index (χ2n) is 6.84. The first-order chi connectivity index (χ1) is 12.9. The SMILES string of the molecule is CC(C)Oc1ccc(N2C(=O)C(SC(C)C)=C(c3ccccc3)C2=O)cc1. The van der Waals surface area contributed by atoms with Gasteiger partial charge in [0.15, 0.2) is 0 Å². The number of hydrogen-bond acceptors (Lipinski definition) is 4. The van der Waals surface area contributed by atoms with Crippen LogP contribution in [0.15, 0.2) is 59.5 Å². The van der Waals surface area contributed by atoms with E-state index in [0.29, 0.717) is 21.9 Å². The molecule has 2 aromatic rings. The summed E-state index contributed by atoms with van der Waals surface area (Å²) in [5, 5.41) is 0.192. The van der Waals surface area contributed by atoms with Crippen molar-refractivity contribution in [3.05, 3.63) is 65.1 Å². The molecular weight excluding hydrogens is 358 g/mol. The highest BCUT2D eigenvalue weighted by Gasteiger charge is 2.40. The summed E-state index contributed by atoms with van der Waals surface area (Å²) in [5.74, 6) is 0.155. The minimum absolute atomic E-state index is 0.0614. The molecular formula is C22H23NO3S. The van der Waals surface area contributed by atoms with Gasteiger partial charge < -0.3 is 4.74 Å². The Labute approximate surface area is 164 Å². The van der Waals surface area contributed by atoms with Crippen molar-refractivity contribution in [2.45, 2.75) is 39.0 Å². The maximum atomic E-state index is 13.2. The summed E-state index contributed by atoms with van der Waals surface area (Å²) in [7, 11) is 0. The maximum Gasteiger partial charge on any atom is 0.272 e. The van der Waals surface area contributed by atoms with Gasteiger partial charge in [0.25, 0.3) is 11.8 Å². The Hall–Kier alpha value is -2.53. The Morgan fingerprint density at radius 3 is 2.04 bits per heavy atom. The van der Waals surface area contributed by atoms with E-state index in [1.54, 1.807) is 24.3 Å². The van der Waals surface area contributed by atoms with Gasteiger partial charge in [-0.2, -0.15) is 0 Å². The van der Waals surface area contributed by atoms with Crippen LogP contribution in [0.25, 0.3) is 5.57 Å². The lowest BCUT2D eigenvalue weighted by Crippen LogP contribution is -2.31. The van der Waals surface area contributed by atoms with Crippen LogP contribution in [0.1, 0.15) is 33.3 Å². The van der Waals surface area contributed by atoms with Crippen LogP contribution in [0.5, 0.6) is 5.75 Å². The largest absolute Gasteiger partial charge is 0.491 e. The summed E-state index contributed by atoms with van der Waals surface area (Å²) < 4.78 is 5.65. The van der Waals surface area contributed by atoms with Gasteiger partial charge in [-0.3, -0.25) is 9.59 Å². The lowest BCUT2D eigenvalue weighted by molar-refractivity contribution is -0.119. The molecule has 1 heterocycles. The number of hydrogen-bond donors (Lipinski definition) is 0. The fourth-order valence-corrected chi connectivity index (χ4v) is 3.88. The van der Waals surface area contributed by atoms with Gasteiger partial charge in [0.2, 0.25) is 0 Å².